The molecule has 0 saturated carbocycles. The summed E-state index contributed by atoms with van der Waals surface area (Å²) in [6.07, 6.45) is 0. The van der Waals surface area contributed by atoms with Gasteiger partial charge < -0.3 is 10.6 Å². The van der Waals surface area contributed by atoms with Crippen LogP contribution in [0.5, 0.6) is 0 Å². The Labute approximate surface area is 87.7 Å². The van der Waals surface area contributed by atoms with E-state index in [-0.39, 0.29) is 0 Å². The SMILES string of the molecule is CC.Cc1cc(N)ccc1CN(C)C. The fourth-order valence-corrected chi connectivity index (χ4v) is 1.24. The second-order valence-corrected chi connectivity index (χ2v) is 3.42. The van der Waals surface area contributed by atoms with Crippen molar-refractivity contribution in [3.8, 4) is 0 Å². The van der Waals surface area contributed by atoms with E-state index < -0.39 is 0 Å². The van der Waals surface area contributed by atoms with Crippen LogP contribution in [-0.2, 0) is 6.54 Å². The Balaban J connectivity index is 0.000000791. The number of nitrogens with two attached hydrogens (primary N) is 1. The monoisotopic (exact) mass is 194 g/mol. The second kappa shape index (κ2) is 6.44. The normalized spacial score (nSPS) is 9.57. The van der Waals surface area contributed by atoms with Gasteiger partial charge in [-0.1, -0.05) is 19.9 Å². The summed E-state index contributed by atoms with van der Waals surface area (Å²) in [5.41, 5.74) is 9.10. The first-order chi connectivity index (χ1) is 6.59. The Morgan fingerprint density at radius 1 is 1.21 bits per heavy atom. The highest BCUT2D eigenvalue weighted by Crippen LogP contribution is 2.13. The highest BCUT2D eigenvalue weighted by atomic mass is 15.0. The number of nitrogens with zero attached hydrogens (tertiary/aromatic N) is 1. The van der Waals surface area contributed by atoms with Gasteiger partial charge in [-0.2, -0.15) is 0 Å². The fourth-order valence-electron chi connectivity index (χ4n) is 1.24. The number of rotatable bonds is 2. The highest BCUT2D eigenvalue weighted by Gasteiger charge is 1.99. The molecule has 2 heteroatoms. The molecule has 0 heterocycles. The first kappa shape index (κ1) is 13.0. The molecule has 0 saturated heterocycles. The lowest BCUT2D eigenvalue weighted by Crippen LogP contribution is -2.11. The molecule has 1 aromatic carbocycles. The maximum Gasteiger partial charge on any atom is 0.0316 e. The van der Waals surface area contributed by atoms with Crippen molar-refractivity contribution in [2.24, 2.45) is 0 Å². The lowest BCUT2D eigenvalue weighted by Gasteiger charge is -2.12. The summed E-state index contributed by atoms with van der Waals surface area (Å²) in [7, 11) is 4.13. The summed E-state index contributed by atoms with van der Waals surface area (Å²) < 4.78 is 0. The molecule has 0 fully saturated rings. The van der Waals surface area contributed by atoms with E-state index in [9.17, 15) is 0 Å². The van der Waals surface area contributed by atoms with Crippen molar-refractivity contribution in [3.05, 3.63) is 29.3 Å². The van der Waals surface area contributed by atoms with Crippen LogP contribution in [0.1, 0.15) is 25.0 Å². The Morgan fingerprint density at radius 3 is 2.21 bits per heavy atom. The van der Waals surface area contributed by atoms with E-state index >= 15 is 0 Å². The van der Waals surface area contributed by atoms with Gasteiger partial charge in [0.1, 0.15) is 0 Å². The minimum atomic E-state index is 0.843. The van der Waals surface area contributed by atoms with Crippen molar-refractivity contribution in [3.63, 3.8) is 0 Å². The van der Waals surface area contributed by atoms with Crippen molar-refractivity contribution in [1.29, 1.82) is 0 Å². The lowest BCUT2D eigenvalue weighted by molar-refractivity contribution is 0.401. The van der Waals surface area contributed by atoms with Crippen LogP contribution >= 0.6 is 0 Å². The Hall–Kier alpha value is -1.02. The van der Waals surface area contributed by atoms with Crippen LogP contribution < -0.4 is 5.73 Å². The first-order valence-corrected chi connectivity index (χ1v) is 5.09. The molecule has 80 valence electrons. The average molecular weight is 194 g/mol. The molecule has 14 heavy (non-hydrogen) atoms. The number of hydrogen-bond donors (Lipinski definition) is 1. The number of benzene rings is 1. The third-order valence-electron chi connectivity index (χ3n) is 1.85. The molecule has 0 bridgehead atoms. The zero-order chi connectivity index (χ0) is 11.1. The standard InChI is InChI=1S/C10H16N2.C2H6/c1-8-6-10(11)5-4-9(8)7-12(2)3;1-2/h4-6H,7,11H2,1-3H3;1-2H3. The summed E-state index contributed by atoms with van der Waals surface area (Å²) in [5, 5.41) is 0. The Kier molecular flexibility index (Phi) is 5.97. The van der Waals surface area contributed by atoms with Crippen molar-refractivity contribution in [2.75, 3.05) is 19.8 Å². The molecule has 0 amide bonds. The molecular formula is C12H22N2. The third kappa shape index (κ3) is 4.28. The van der Waals surface area contributed by atoms with Crippen LogP contribution in [0.2, 0.25) is 0 Å². The van der Waals surface area contributed by atoms with Crippen molar-refractivity contribution < 1.29 is 0 Å². The molecule has 0 aliphatic heterocycles. The van der Waals surface area contributed by atoms with E-state index in [4.69, 9.17) is 5.73 Å². The van der Waals surface area contributed by atoms with Crippen molar-refractivity contribution in [2.45, 2.75) is 27.3 Å². The highest BCUT2D eigenvalue weighted by molar-refractivity contribution is 5.44. The first-order valence-electron chi connectivity index (χ1n) is 5.09. The van der Waals surface area contributed by atoms with Gasteiger partial charge in [0, 0.05) is 12.2 Å². The molecule has 0 aromatic heterocycles. The number of nitrogen functional groups attached to an aromatic ring is 1. The molecule has 0 unspecified atom stereocenters. The third-order valence-corrected chi connectivity index (χ3v) is 1.85. The van der Waals surface area contributed by atoms with Gasteiger partial charge in [-0.25, -0.2) is 0 Å². The predicted molar refractivity (Wildman–Crippen MR) is 64.3 cm³/mol. The minimum Gasteiger partial charge on any atom is -0.399 e. The van der Waals surface area contributed by atoms with Gasteiger partial charge in [0.15, 0.2) is 0 Å². The topological polar surface area (TPSA) is 29.3 Å². The van der Waals surface area contributed by atoms with Gasteiger partial charge in [-0.15, -0.1) is 0 Å². The maximum atomic E-state index is 5.64. The summed E-state index contributed by atoms with van der Waals surface area (Å²) in [5.74, 6) is 0. The maximum absolute atomic E-state index is 5.64. The van der Waals surface area contributed by atoms with Crippen LogP contribution in [0, 0.1) is 6.92 Å². The zero-order valence-corrected chi connectivity index (χ0v) is 9.96. The van der Waals surface area contributed by atoms with Gasteiger partial charge in [-0.05, 0) is 44.3 Å². The molecular weight excluding hydrogens is 172 g/mol. The van der Waals surface area contributed by atoms with E-state index in [2.05, 4.69) is 32.0 Å². The van der Waals surface area contributed by atoms with E-state index in [1.807, 2.05) is 26.0 Å². The van der Waals surface area contributed by atoms with Crippen molar-refractivity contribution >= 4 is 5.69 Å². The van der Waals surface area contributed by atoms with Crippen LogP contribution in [-0.4, -0.2) is 19.0 Å². The molecule has 1 aromatic rings. The largest absolute Gasteiger partial charge is 0.399 e. The van der Waals surface area contributed by atoms with E-state index in [0.29, 0.717) is 0 Å². The summed E-state index contributed by atoms with van der Waals surface area (Å²) in [6.45, 7) is 7.07. The summed E-state index contributed by atoms with van der Waals surface area (Å²) in [4.78, 5) is 2.15. The minimum absolute atomic E-state index is 0.843. The lowest BCUT2D eigenvalue weighted by atomic mass is 10.1. The van der Waals surface area contributed by atoms with Gasteiger partial charge in [-0.3, -0.25) is 0 Å². The molecule has 0 atom stereocenters. The van der Waals surface area contributed by atoms with Crippen LogP contribution in [0.4, 0.5) is 5.69 Å². The zero-order valence-electron chi connectivity index (χ0n) is 9.96. The number of hydrogen-bond acceptors (Lipinski definition) is 2. The molecule has 0 spiro atoms. The molecule has 0 aliphatic rings. The van der Waals surface area contributed by atoms with E-state index in [1.54, 1.807) is 0 Å². The van der Waals surface area contributed by atoms with Gasteiger partial charge in [0.05, 0.1) is 0 Å². The van der Waals surface area contributed by atoms with Gasteiger partial charge in [0.2, 0.25) is 0 Å². The van der Waals surface area contributed by atoms with E-state index in [0.717, 1.165) is 12.2 Å². The predicted octanol–water partition coefficient (Wildman–Crippen LogP) is 2.67. The van der Waals surface area contributed by atoms with Gasteiger partial charge >= 0.3 is 0 Å². The smallest absolute Gasteiger partial charge is 0.0316 e. The Morgan fingerprint density at radius 2 is 1.79 bits per heavy atom. The Bertz CT molecular complexity index is 267. The number of aryl methyl sites for hydroxylation is 1. The quantitative estimate of drug-likeness (QED) is 0.733. The molecule has 1 rings (SSSR count). The molecule has 2 nitrogen and oxygen atoms in total. The van der Waals surface area contributed by atoms with Crippen molar-refractivity contribution in [1.82, 2.24) is 4.90 Å². The van der Waals surface area contributed by atoms with Crippen LogP contribution in [0.15, 0.2) is 18.2 Å². The van der Waals surface area contributed by atoms with Crippen LogP contribution in [0.3, 0.4) is 0 Å². The van der Waals surface area contributed by atoms with E-state index in [1.165, 1.54) is 11.1 Å². The molecule has 0 radical (unpaired) electrons. The second-order valence-electron chi connectivity index (χ2n) is 3.42. The number of anilines is 1. The van der Waals surface area contributed by atoms with Gasteiger partial charge in [0.25, 0.3) is 0 Å². The molecule has 0 aliphatic carbocycles. The average Bonchev–Trinajstić information content (AvgIpc) is 2.13. The summed E-state index contributed by atoms with van der Waals surface area (Å²) in [6, 6.07) is 6.05. The summed E-state index contributed by atoms with van der Waals surface area (Å²) >= 11 is 0. The van der Waals surface area contributed by atoms with Crippen LogP contribution in [0.25, 0.3) is 0 Å². The fraction of sp³-hybridized carbons (Fsp3) is 0.500. The molecule has 2 N–H and O–H groups in total.